The molecular formula is C24H32N4O. The lowest BCUT2D eigenvalue weighted by Crippen LogP contribution is -2.57. The fraction of sp³-hybridized carbons (Fsp3) is 0.458. The van der Waals surface area contributed by atoms with Crippen LogP contribution >= 0.6 is 0 Å². The summed E-state index contributed by atoms with van der Waals surface area (Å²) in [6, 6.07) is 16.8. The van der Waals surface area contributed by atoms with Gasteiger partial charge >= 0.3 is 0 Å². The highest BCUT2D eigenvalue weighted by atomic mass is 16.5. The quantitative estimate of drug-likeness (QED) is 0.787. The van der Waals surface area contributed by atoms with Crippen molar-refractivity contribution in [1.82, 2.24) is 14.7 Å². The average Bonchev–Trinajstić information content (AvgIpc) is 2.73. The molecule has 2 heterocycles. The lowest BCUT2D eigenvalue weighted by Gasteiger charge is -2.45. The zero-order chi connectivity index (χ0) is 20.4. The maximum Gasteiger partial charge on any atom is 0.202 e. The first-order chi connectivity index (χ1) is 14.0. The highest BCUT2D eigenvalue weighted by molar-refractivity contribution is 5.85. The monoisotopic (exact) mass is 392 g/mol. The molecule has 0 amide bonds. The normalized spacial score (nSPS) is 17.7. The molecule has 0 unspecified atom stereocenters. The number of nitrogens with zero attached hydrogens (tertiary/aromatic N) is 4. The van der Waals surface area contributed by atoms with E-state index in [4.69, 9.17) is 9.73 Å². The molecule has 0 bridgehead atoms. The van der Waals surface area contributed by atoms with Crippen LogP contribution in [0.2, 0.25) is 0 Å². The predicted molar refractivity (Wildman–Crippen MR) is 119 cm³/mol. The molecule has 2 aliphatic heterocycles. The van der Waals surface area contributed by atoms with Gasteiger partial charge in [-0.15, -0.1) is 0 Å². The van der Waals surface area contributed by atoms with Gasteiger partial charge in [0.25, 0.3) is 0 Å². The van der Waals surface area contributed by atoms with Gasteiger partial charge in [0.1, 0.15) is 5.75 Å². The summed E-state index contributed by atoms with van der Waals surface area (Å²) in [7, 11) is 1.74. The van der Waals surface area contributed by atoms with Crippen LogP contribution in [0, 0.1) is 0 Å². The number of ether oxygens (including phenoxy) is 1. The summed E-state index contributed by atoms with van der Waals surface area (Å²) in [6.07, 6.45) is 0. The summed E-state index contributed by atoms with van der Waals surface area (Å²) in [4.78, 5) is 12.5. The van der Waals surface area contributed by atoms with Crippen LogP contribution in [0.1, 0.15) is 31.9 Å². The summed E-state index contributed by atoms with van der Waals surface area (Å²) in [5.74, 6) is 2.02. The fourth-order valence-electron chi connectivity index (χ4n) is 4.22. The van der Waals surface area contributed by atoms with E-state index < -0.39 is 0 Å². The number of fused-ring (bicyclic) bond motifs is 1. The van der Waals surface area contributed by atoms with E-state index in [0.717, 1.165) is 56.7 Å². The molecule has 0 aliphatic carbocycles. The van der Waals surface area contributed by atoms with Crippen LogP contribution in [-0.2, 0) is 13.1 Å². The van der Waals surface area contributed by atoms with E-state index in [1.54, 1.807) is 7.11 Å². The molecule has 4 rings (SSSR count). The third kappa shape index (κ3) is 4.25. The van der Waals surface area contributed by atoms with Crippen LogP contribution in [0.4, 0.5) is 5.69 Å². The molecule has 0 spiro atoms. The number of para-hydroxylation sites is 2. The number of hydrogen-bond acceptors (Lipinski definition) is 5. The Kier molecular flexibility index (Phi) is 5.50. The molecule has 0 aromatic heterocycles. The highest BCUT2D eigenvalue weighted by Crippen LogP contribution is 2.30. The van der Waals surface area contributed by atoms with Gasteiger partial charge in [-0.3, -0.25) is 4.90 Å². The maximum atomic E-state index is 5.60. The Morgan fingerprint density at radius 3 is 2.34 bits per heavy atom. The van der Waals surface area contributed by atoms with E-state index in [0.29, 0.717) is 0 Å². The zero-order valence-corrected chi connectivity index (χ0v) is 18.1. The van der Waals surface area contributed by atoms with Crippen molar-refractivity contribution in [3.05, 3.63) is 59.7 Å². The zero-order valence-electron chi connectivity index (χ0n) is 18.1. The average molecular weight is 393 g/mol. The smallest absolute Gasteiger partial charge is 0.202 e. The van der Waals surface area contributed by atoms with Gasteiger partial charge in [-0.25, -0.2) is 4.99 Å². The van der Waals surface area contributed by atoms with Crippen molar-refractivity contribution in [2.24, 2.45) is 4.99 Å². The Morgan fingerprint density at radius 1 is 0.931 bits per heavy atom. The van der Waals surface area contributed by atoms with Crippen LogP contribution in [0.25, 0.3) is 0 Å². The van der Waals surface area contributed by atoms with Gasteiger partial charge in [-0.05, 0) is 38.5 Å². The number of aliphatic imine (C=N–C) groups is 1. The van der Waals surface area contributed by atoms with Crippen molar-refractivity contribution in [2.75, 3.05) is 33.3 Å². The molecule has 154 valence electrons. The Morgan fingerprint density at radius 2 is 1.62 bits per heavy atom. The first-order valence-electron chi connectivity index (χ1n) is 10.5. The molecular weight excluding hydrogens is 360 g/mol. The van der Waals surface area contributed by atoms with E-state index in [9.17, 15) is 0 Å². The molecule has 1 fully saturated rings. The summed E-state index contributed by atoms with van der Waals surface area (Å²) in [5, 5.41) is 0. The number of piperazine rings is 1. The van der Waals surface area contributed by atoms with Crippen molar-refractivity contribution in [1.29, 1.82) is 0 Å². The maximum absolute atomic E-state index is 5.60. The topological polar surface area (TPSA) is 31.3 Å². The number of benzene rings is 2. The van der Waals surface area contributed by atoms with Crippen LogP contribution < -0.4 is 4.74 Å². The van der Waals surface area contributed by atoms with E-state index in [-0.39, 0.29) is 5.54 Å². The summed E-state index contributed by atoms with van der Waals surface area (Å²) in [6.45, 7) is 12.7. The van der Waals surface area contributed by atoms with E-state index in [1.807, 2.05) is 12.1 Å². The minimum Gasteiger partial charge on any atom is -0.496 e. The van der Waals surface area contributed by atoms with Crippen molar-refractivity contribution < 1.29 is 4.74 Å². The van der Waals surface area contributed by atoms with Crippen LogP contribution in [-0.4, -0.2) is 59.5 Å². The lowest BCUT2D eigenvalue weighted by atomic mass is 10.0. The first-order valence-corrected chi connectivity index (χ1v) is 10.5. The molecule has 5 nitrogen and oxygen atoms in total. The van der Waals surface area contributed by atoms with Crippen LogP contribution in [0.15, 0.2) is 53.5 Å². The molecule has 1 saturated heterocycles. The third-order valence-electron chi connectivity index (χ3n) is 5.92. The molecule has 29 heavy (non-hydrogen) atoms. The summed E-state index contributed by atoms with van der Waals surface area (Å²) < 4.78 is 5.60. The largest absolute Gasteiger partial charge is 0.496 e. The predicted octanol–water partition coefficient (Wildman–Crippen LogP) is 4.11. The van der Waals surface area contributed by atoms with Gasteiger partial charge in [-0.1, -0.05) is 36.4 Å². The molecule has 0 radical (unpaired) electrons. The SMILES string of the molecule is COc1ccccc1CN1Cc2ccccc2N=C1N1CCN(C(C)(C)C)CC1. The van der Waals surface area contributed by atoms with Gasteiger partial charge in [0.2, 0.25) is 5.96 Å². The van der Waals surface area contributed by atoms with Crippen molar-refractivity contribution >= 4 is 11.6 Å². The third-order valence-corrected chi connectivity index (χ3v) is 5.92. The van der Waals surface area contributed by atoms with E-state index in [1.165, 1.54) is 11.1 Å². The summed E-state index contributed by atoms with van der Waals surface area (Å²) >= 11 is 0. The van der Waals surface area contributed by atoms with Gasteiger partial charge in [0.05, 0.1) is 12.8 Å². The Bertz CT molecular complexity index is 878. The van der Waals surface area contributed by atoms with Gasteiger partial charge in [0.15, 0.2) is 0 Å². The molecule has 0 N–H and O–H groups in total. The second kappa shape index (κ2) is 8.07. The number of guanidine groups is 1. The first kappa shape index (κ1) is 19.8. The molecule has 2 aromatic carbocycles. The number of rotatable bonds is 3. The molecule has 2 aromatic rings. The number of hydrogen-bond donors (Lipinski definition) is 0. The minimum absolute atomic E-state index is 0.212. The molecule has 0 atom stereocenters. The van der Waals surface area contributed by atoms with Crippen LogP contribution in [0.3, 0.4) is 0 Å². The molecule has 2 aliphatic rings. The highest BCUT2D eigenvalue weighted by Gasteiger charge is 2.31. The van der Waals surface area contributed by atoms with Crippen molar-refractivity contribution in [3.63, 3.8) is 0 Å². The molecule has 5 heteroatoms. The van der Waals surface area contributed by atoms with Gasteiger partial charge in [-0.2, -0.15) is 0 Å². The second-order valence-electron chi connectivity index (χ2n) is 8.85. The second-order valence-corrected chi connectivity index (χ2v) is 8.85. The fourth-order valence-corrected chi connectivity index (χ4v) is 4.22. The Balaban J connectivity index is 1.60. The van der Waals surface area contributed by atoms with E-state index >= 15 is 0 Å². The minimum atomic E-state index is 0.212. The summed E-state index contributed by atoms with van der Waals surface area (Å²) in [5.41, 5.74) is 3.77. The van der Waals surface area contributed by atoms with Gasteiger partial charge in [0, 0.05) is 50.4 Å². The standard InChI is InChI=1S/C24H32N4O/c1-24(2,3)28-15-13-26(14-16-28)23-25-21-11-7-5-9-19(21)17-27(23)18-20-10-6-8-12-22(20)29-4/h5-12H,13-18H2,1-4H3. The van der Waals surface area contributed by atoms with Gasteiger partial charge < -0.3 is 14.5 Å². The van der Waals surface area contributed by atoms with Crippen molar-refractivity contribution in [3.8, 4) is 5.75 Å². The Labute approximate surface area is 174 Å². The number of methoxy groups -OCH3 is 1. The lowest BCUT2D eigenvalue weighted by molar-refractivity contribution is 0.0823. The van der Waals surface area contributed by atoms with Crippen LogP contribution in [0.5, 0.6) is 5.75 Å². The van der Waals surface area contributed by atoms with E-state index in [2.05, 4.69) is 71.9 Å². The Hall–Kier alpha value is -2.53. The molecule has 0 saturated carbocycles. The van der Waals surface area contributed by atoms with Crippen molar-refractivity contribution in [2.45, 2.75) is 39.4 Å².